The van der Waals surface area contributed by atoms with Crippen LogP contribution in [0, 0.1) is 34.0 Å². The number of fused-ring (bicyclic) bond motifs is 5. The topological polar surface area (TPSA) is 188 Å². The Morgan fingerprint density at radius 1 is 1.12 bits per heavy atom. The lowest BCUT2D eigenvalue weighted by Crippen LogP contribution is -2.62. The first-order valence-electron chi connectivity index (χ1n) is 15.0. The second-order valence-electron chi connectivity index (χ2n) is 14.1. The number of aliphatic hydroxyl groups excluding tert-OH is 2. The maximum atomic E-state index is 13.4. The molecule has 0 aromatic rings. The van der Waals surface area contributed by atoms with E-state index in [9.17, 15) is 39.3 Å². The molecule has 0 radical (unpaired) electrons. The molecule has 5 N–H and O–H groups in total. The number of hydrogen-bond donors (Lipinski definition) is 5. The van der Waals surface area contributed by atoms with Crippen LogP contribution in [0.4, 0.5) is 0 Å². The molecule has 42 heavy (non-hydrogen) atoms. The number of ether oxygens (including phenoxy) is 1. The van der Waals surface area contributed by atoms with Gasteiger partial charge in [0.2, 0.25) is 11.7 Å². The summed E-state index contributed by atoms with van der Waals surface area (Å²) in [7, 11) is 0. The molecule has 11 nitrogen and oxygen atoms in total. The third-order valence-corrected chi connectivity index (χ3v) is 11.1. The summed E-state index contributed by atoms with van der Waals surface area (Å²) in [6.07, 6.45) is 2.50. The lowest BCUT2D eigenvalue weighted by Gasteiger charge is -2.60. The first-order valence-corrected chi connectivity index (χ1v) is 15.0. The highest BCUT2D eigenvalue weighted by atomic mass is 16.5. The van der Waals surface area contributed by atoms with Crippen LogP contribution in [0.5, 0.6) is 0 Å². The summed E-state index contributed by atoms with van der Waals surface area (Å²) in [4.78, 5) is 61.0. The molecule has 3 fully saturated rings. The predicted molar refractivity (Wildman–Crippen MR) is 149 cm³/mol. The number of amides is 1. The summed E-state index contributed by atoms with van der Waals surface area (Å²) in [5.74, 6) is -3.18. The summed E-state index contributed by atoms with van der Waals surface area (Å²) >= 11 is 0. The van der Waals surface area contributed by atoms with Gasteiger partial charge in [0.25, 0.3) is 0 Å². The zero-order chi connectivity index (χ0) is 31.3. The second kappa shape index (κ2) is 11.5. The normalized spacial score (nSPS) is 36.5. The fraction of sp³-hybridized carbons (Fsp3) is 0.774. The molecule has 4 rings (SSSR count). The fourth-order valence-electron chi connectivity index (χ4n) is 8.55. The Kier molecular flexibility index (Phi) is 8.81. The van der Waals surface area contributed by atoms with E-state index in [2.05, 4.69) is 12.2 Å². The molecular formula is C31H45NO10. The van der Waals surface area contributed by atoms with Gasteiger partial charge in [-0.25, -0.2) is 4.79 Å². The van der Waals surface area contributed by atoms with Crippen LogP contribution in [-0.2, 0) is 28.7 Å². The van der Waals surface area contributed by atoms with E-state index in [0.717, 1.165) is 18.4 Å². The van der Waals surface area contributed by atoms with E-state index in [1.165, 1.54) is 13.8 Å². The molecule has 0 spiro atoms. The van der Waals surface area contributed by atoms with Crippen molar-refractivity contribution in [3.8, 4) is 0 Å². The molecule has 0 aliphatic heterocycles. The Bertz CT molecular complexity index is 1180. The molecule has 3 saturated carbocycles. The maximum Gasteiger partial charge on any atom is 0.333 e. The van der Waals surface area contributed by atoms with Gasteiger partial charge in [0, 0.05) is 30.2 Å². The van der Waals surface area contributed by atoms with E-state index in [1.807, 2.05) is 6.92 Å². The minimum absolute atomic E-state index is 0.000790. The Labute approximate surface area is 246 Å². The molecule has 11 heteroatoms. The lowest BCUT2D eigenvalue weighted by molar-refractivity contribution is -0.184. The molecule has 1 amide bonds. The summed E-state index contributed by atoms with van der Waals surface area (Å²) in [6, 6.07) is 0. The van der Waals surface area contributed by atoms with Crippen LogP contribution in [0.25, 0.3) is 0 Å². The van der Waals surface area contributed by atoms with Gasteiger partial charge in [-0.2, -0.15) is 0 Å². The largest absolute Gasteiger partial charge is 0.479 e. The van der Waals surface area contributed by atoms with E-state index < -0.39 is 58.9 Å². The zero-order valence-corrected chi connectivity index (χ0v) is 25.0. The summed E-state index contributed by atoms with van der Waals surface area (Å²) in [5, 5.41) is 44.5. The van der Waals surface area contributed by atoms with Crippen molar-refractivity contribution in [3.05, 3.63) is 11.6 Å². The Hall–Kier alpha value is -2.63. The van der Waals surface area contributed by atoms with Gasteiger partial charge >= 0.3 is 11.9 Å². The van der Waals surface area contributed by atoms with Gasteiger partial charge in [0.1, 0.15) is 5.60 Å². The Morgan fingerprint density at radius 3 is 2.48 bits per heavy atom. The Balaban J connectivity index is 1.33. The van der Waals surface area contributed by atoms with E-state index in [0.29, 0.717) is 19.3 Å². The monoisotopic (exact) mass is 591 g/mol. The molecule has 4 aliphatic carbocycles. The van der Waals surface area contributed by atoms with Crippen LogP contribution in [0.15, 0.2) is 11.6 Å². The third-order valence-electron chi connectivity index (χ3n) is 11.1. The minimum atomic E-state index is -1.77. The van der Waals surface area contributed by atoms with Crippen molar-refractivity contribution >= 4 is 29.4 Å². The van der Waals surface area contributed by atoms with Crippen LogP contribution >= 0.6 is 0 Å². The maximum absolute atomic E-state index is 13.4. The number of esters is 1. The Morgan fingerprint density at radius 2 is 1.81 bits per heavy atom. The second-order valence-corrected chi connectivity index (χ2v) is 14.1. The number of hydrogen-bond acceptors (Lipinski definition) is 9. The van der Waals surface area contributed by atoms with Gasteiger partial charge in [-0.15, -0.1) is 0 Å². The number of carboxylic acid groups (broad SMARTS) is 1. The van der Waals surface area contributed by atoms with Gasteiger partial charge in [0.15, 0.2) is 18.5 Å². The van der Waals surface area contributed by atoms with Crippen molar-refractivity contribution in [2.75, 3.05) is 13.2 Å². The first kappa shape index (κ1) is 32.3. The van der Waals surface area contributed by atoms with Crippen LogP contribution in [0.1, 0.15) is 85.5 Å². The van der Waals surface area contributed by atoms with Gasteiger partial charge in [-0.1, -0.05) is 33.3 Å². The quantitative estimate of drug-likeness (QED) is 0.234. The van der Waals surface area contributed by atoms with Crippen molar-refractivity contribution in [2.24, 2.45) is 34.0 Å². The summed E-state index contributed by atoms with van der Waals surface area (Å²) in [5.41, 5.74) is -2.97. The van der Waals surface area contributed by atoms with Gasteiger partial charge < -0.3 is 30.5 Å². The fourth-order valence-corrected chi connectivity index (χ4v) is 8.55. The molecule has 0 bridgehead atoms. The minimum Gasteiger partial charge on any atom is -0.479 e. The molecular weight excluding hydrogens is 546 g/mol. The number of carbonyl (C=O) groups excluding carboxylic acids is 4. The summed E-state index contributed by atoms with van der Waals surface area (Å²) in [6.45, 7) is 6.19. The van der Waals surface area contributed by atoms with Gasteiger partial charge in [-0.3, -0.25) is 19.2 Å². The smallest absolute Gasteiger partial charge is 0.333 e. The first-order chi connectivity index (χ1) is 19.5. The SMILES string of the molecule is CC(C)(CNC(=O)CCC(=O)OCC(=O)[C@@]1(O)CC[C@@H]2[C@@H]3CCC4=CC(=O)CC[C@]4(C)[C@@H]3[C@@H](O)C[C@@]21C)[C@H](O)C(=O)O. The van der Waals surface area contributed by atoms with Crippen molar-refractivity contribution in [2.45, 2.75) is 103 Å². The lowest BCUT2D eigenvalue weighted by atomic mass is 9.45. The number of nitrogens with one attached hydrogen (secondary N) is 1. The molecule has 0 unspecified atom stereocenters. The molecule has 234 valence electrons. The molecule has 0 aromatic carbocycles. The van der Waals surface area contributed by atoms with Crippen molar-refractivity contribution in [3.63, 3.8) is 0 Å². The molecule has 0 aromatic heterocycles. The van der Waals surface area contributed by atoms with Crippen molar-refractivity contribution < 1.29 is 49.1 Å². The van der Waals surface area contributed by atoms with E-state index in [4.69, 9.17) is 9.84 Å². The van der Waals surface area contributed by atoms with Crippen molar-refractivity contribution in [1.29, 1.82) is 0 Å². The molecule has 8 atom stereocenters. The number of aliphatic carboxylic acids is 1. The number of rotatable bonds is 10. The average molecular weight is 592 g/mol. The zero-order valence-electron chi connectivity index (χ0n) is 25.0. The number of allylic oxidation sites excluding steroid dienone is 1. The highest BCUT2D eigenvalue weighted by Gasteiger charge is 2.68. The number of carbonyl (C=O) groups is 5. The number of ketones is 2. The average Bonchev–Trinajstić information content (AvgIpc) is 3.19. The predicted octanol–water partition coefficient (Wildman–Crippen LogP) is 1.70. The van der Waals surface area contributed by atoms with Crippen molar-refractivity contribution in [1.82, 2.24) is 5.32 Å². The highest BCUT2D eigenvalue weighted by molar-refractivity contribution is 5.92. The highest BCUT2D eigenvalue weighted by Crippen LogP contribution is 2.67. The standard InChI is InChI=1S/C31H45NO10/c1-28(2,26(38)27(39)40)16-32-23(36)7-8-24(37)42-15-22(35)31(41)12-10-20-19-6-5-17-13-18(33)9-11-29(17,3)25(19)21(34)14-30(20,31)4/h13,19-21,25-26,34,38,41H,5-12,14-16H2,1-4H3,(H,32,36)(H,39,40)/t19-,20+,21-,25-,26+,29-,30-,31-/m0/s1. The van der Waals surface area contributed by atoms with Crippen LogP contribution in [-0.4, -0.2) is 80.8 Å². The molecule has 0 heterocycles. The van der Waals surface area contributed by atoms with Crippen LogP contribution in [0.3, 0.4) is 0 Å². The number of aliphatic hydroxyl groups is 3. The summed E-state index contributed by atoms with van der Waals surface area (Å²) < 4.78 is 5.15. The van der Waals surface area contributed by atoms with E-state index in [1.54, 1.807) is 6.08 Å². The van der Waals surface area contributed by atoms with E-state index in [-0.39, 0.29) is 61.2 Å². The van der Waals surface area contributed by atoms with E-state index >= 15 is 0 Å². The van der Waals surface area contributed by atoms with Gasteiger partial charge in [-0.05, 0) is 67.8 Å². The number of Topliss-reactive ketones (excluding diaryl/α,β-unsaturated/α-hetero) is 1. The van der Waals surface area contributed by atoms with Gasteiger partial charge in [0.05, 0.1) is 12.5 Å². The third kappa shape index (κ3) is 5.55. The van der Waals surface area contributed by atoms with Crippen LogP contribution < -0.4 is 5.32 Å². The molecule has 4 aliphatic rings. The van der Waals surface area contributed by atoms with Crippen LogP contribution in [0.2, 0.25) is 0 Å². The number of carboxylic acids is 1. The molecule has 0 saturated heterocycles.